The van der Waals surface area contributed by atoms with Gasteiger partial charge in [0.25, 0.3) is 0 Å². The topological polar surface area (TPSA) is 89.9 Å². The summed E-state index contributed by atoms with van der Waals surface area (Å²) in [5.74, 6) is -1.08. The summed E-state index contributed by atoms with van der Waals surface area (Å²) in [7, 11) is 0. The minimum Gasteiger partial charge on any atom is -0.480 e. The number of carbonyl (C=O) groups excluding carboxylic acids is 1. The quantitative estimate of drug-likeness (QED) is 0.587. The summed E-state index contributed by atoms with van der Waals surface area (Å²) in [6, 6.07) is -0.383. The molecule has 0 bridgehead atoms. The van der Waals surface area contributed by atoms with E-state index < -0.39 is 24.6 Å². The number of carboxylic acid groups (broad SMARTS) is 1. The number of carboxylic acids is 1. The molecular formula is C9H16N2O4. The molecule has 0 spiro atoms. The SMILES string of the molecule is CC1CCC(O)CN1C(=O)NCC(=O)O. The van der Waals surface area contributed by atoms with Crippen LogP contribution in [-0.4, -0.2) is 52.3 Å². The predicted molar refractivity (Wildman–Crippen MR) is 52.4 cm³/mol. The highest BCUT2D eigenvalue weighted by molar-refractivity contribution is 5.80. The molecule has 1 rings (SSSR count). The molecule has 0 aromatic heterocycles. The van der Waals surface area contributed by atoms with Gasteiger partial charge < -0.3 is 20.4 Å². The largest absolute Gasteiger partial charge is 0.480 e. The van der Waals surface area contributed by atoms with Crippen LogP contribution in [0.1, 0.15) is 19.8 Å². The van der Waals surface area contributed by atoms with Gasteiger partial charge in [0, 0.05) is 12.6 Å². The van der Waals surface area contributed by atoms with E-state index >= 15 is 0 Å². The van der Waals surface area contributed by atoms with Gasteiger partial charge in [-0.25, -0.2) is 4.79 Å². The van der Waals surface area contributed by atoms with E-state index in [0.717, 1.165) is 6.42 Å². The number of hydrogen-bond donors (Lipinski definition) is 3. The summed E-state index contributed by atoms with van der Waals surface area (Å²) in [6.07, 6.45) is 0.919. The number of nitrogens with zero attached hydrogens (tertiary/aromatic N) is 1. The second-order valence-corrected chi connectivity index (χ2v) is 3.79. The van der Waals surface area contributed by atoms with Crippen molar-refractivity contribution in [2.75, 3.05) is 13.1 Å². The lowest BCUT2D eigenvalue weighted by Crippen LogP contribution is -2.52. The summed E-state index contributed by atoms with van der Waals surface area (Å²) < 4.78 is 0. The van der Waals surface area contributed by atoms with E-state index in [0.29, 0.717) is 6.42 Å². The van der Waals surface area contributed by atoms with Gasteiger partial charge in [0.1, 0.15) is 6.54 Å². The molecule has 1 aliphatic heterocycles. The number of β-amino-alcohol motifs (C(OH)–C–C–N with tert-alkyl or cyclic N) is 1. The van der Waals surface area contributed by atoms with E-state index in [1.54, 1.807) is 0 Å². The number of urea groups is 1. The second-order valence-electron chi connectivity index (χ2n) is 3.79. The number of nitrogens with one attached hydrogen (secondary N) is 1. The molecule has 1 heterocycles. The molecule has 15 heavy (non-hydrogen) atoms. The zero-order chi connectivity index (χ0) is 11.4. The molecule has 0 aromatic rings. The molecule has 1 saturated heterocycles. The number of aliphatic hydroxyl groups is 1. The molecule has 2 amide bonds. The van der Waals surface area contributed by atoms with E-state index in [9.17, 15) is 14.7 Å². The van der Waals surface area contributed by atoms with Gasteiger partial charge in [0.2, 0.25) is 0 Å². The average Bonchev–Trinajstić information content (AvgIpc) is 2.18. The molecule has 86 valence electrons. The van der Waals surface area contributed by atoms with Gasteiger partial charge in [-0.05, 0) is 19.8 Å². The van der Waals surface area contributed by atoms with E-state index in [-0.39, 0.29) is 12.6 Å². The van der Waals surface area contributed by atoms with Crippen molar-refractivity contribution in [3.63, 3.8) is 0 Å². The highest BCUT2D eigenvalue weighted by Crippen LogP contribution is 2.16. The second kappa shape index (κ2) is 4.97. The molecule has 2 unspecified atom stereocenters. The molecule has 0 aromatic carbocycles. The molecule has 2 atom stereocenters. The number of piperidine rings is 1. The highest BCUT2D eigenvalue weighted by Gasteiger charge is 2.27. The maximum Gasteiger partial charge on any atom is 0.323 e. The van der Waals surface area contributed by atoms with E-state index in [1.807, 2.05) is 6.92 Å². The number of aliphatic carboxylic acids is 1. The van der Waals surface area contributed by atoms with Crippen LogP contribution in [0.15, 0.2) is 0 Å². The molecule has 0 aliphatic carbocycles. The van der Waals surface area contributed by atoms with Crippen LogP contribution >= 0.6 is 0 Å². The van der Waals surface area contributed by atoms with Crippen LogP contribution in [0, 0.1) is 0 Å². The van der Waals surface area contributed by atoms with Gasteiger partial charge in [-0.1, -0.05) is 0 Å². The van der Waals surface area contributed by atoms with Gasteiger partial charge in [-0.15, -0.1) is 0 Å². The monoisotopic (exact) mass is 216 g/mol. The lowest BCUT2D eigenvalue weighted by molar-refractivity contribution is -0.135. The first-order chi connectivity index (χ1) is 7.00. The van der Waals surface area contributed by atoms with E-state index in [4.69, 9.17) is 5.11 Å². The summed E-state index contributed by atoms with van der Waals surface area (Å²) in [5, 5.41) is 20.1. The fraction of sp³-hybridized carbons (Fsp3) is 0.778. The molecule has 1 fully saturated rings. The first-order valence-corrected chi connectivity index (χ1v) is 4.95. The predicted octanol–water partition coefficient (Wildman–Crippen LogP) is -0.374. The summed E-state index contributed by atoms with van der Waals surface area (Å²) in [6.45, 7) is 1.76. The zero-order valence-electron chi connectivity index (χ0n) is 8.64. The lowest BCUT2D eigenvalue weighted by atomic mass is 10.0. The minimum atomic E-state index is -1.08. The fourth-order valence-electron chi connectivity index (χ4n) is 1.62. The third-order valence-corrected chi connectivity index (χ3v) is 2.51. The Morgan fingerprint density at radius 2 is 2.13 bits per heavy atom. The molecule has 1 aliphatic rings. The number of hydrogen-bond acceptors (Lipinski definition) is 3. The summed E-state index contributed by atoms with van der Waals surface area (Å²) in [5.41, 5.74) is 0. The van der Waals surface area contributed by atoms with Gasteiger partial charge in [-0.2, -0.15) is 0 Å². The van der Waals surface area contributed by atoms with Gasteiger partial charge in [-0.3, -0.25) is 4.79 Å². The van der Waals surface area contributed by atoms with Gasteiger partial charge in [0.15, 0.2) is 0 Å². The van der Waals surface area contributed by atoms with Gasteiger partial charge >= 0.3 is 12.0 Å². The third-order valence-electron chi connectivity index (χ3n) is 2.51. The average molecular weight is 216 g/mol. The maximum absolute atomic E-state index is 11.5. The molecule has 0 saturated carbocycles. The molecular weight excluding hydrogens is 200 g/mol. The zero-order valence-corrected chi connectivity index (χ0v) is 8.64. The first kappa shape index (κ1) is 11.8. The van der Waals surface area contributed by atoms with Gasteiger partial charge in [0.05, 0.1) is 6.10 Å². The minimum absolute atomic E-state index is 0.0437. The fourth-order valence-corrected chi connectivity index (χ4v) is 1.62. The number of rotatable bonds is 2. The normalized spacial score (nSPS) is 26.1. The summed E-state index contributed by atoms with van der Waals surface area (Å²) in [4.78, 5) is 23.2. The van der Waals surface area contributed by atoms with Crippen LogP contribution in [0.25, 0.3) is 0 Å². The van der Waals surface area contributed by atoms with Crippen molar-refractivity contribution in [3.8, 4) is 0 Å². The number of amides is 2. The number of aliphatic hydroxyl groups excluding tert-OH is 1. The molecule has 6 nitrogen and oxygen atoms in total. The Hall–Kier alpha value is -1.30. The summed E-state index contributed by atoms with van der Waals surface area (Å²) >= 11 is 0. The number of likely N-dealkylation sites (tertiary alicyclic amines) is 1. The smallest absolute Gasteiger partial charge is 0.323 e. The Kier molecular flexibility index (Phi) is 3.90. The first-order valence-electron chi connectivity index (χ1n) is 4.95. The maximum atomic E-state index is 11.5. The van der Waals surface area contributed by atoms with E-state index in [2.05, 4.69) is 5.32 Å². The van der Waals surface area contributed by atoms with Crippen molar-refractivity contribution in [1.82, 2.24) is 10.2 Å². The third kappa shape index (κ3) is 3.39. The lowest BCUT2D eigenvalue weighted by Gasteiger charge is -2.35. The Morgan fingerprint density at radius 1 is 1.47 bits per heavy atom. The van der Waals surface area contributed by atoms with Crippen molar-refractivity contribution in [3.05, 3.63) is 0 Å². The Balaban J connectivity index is 2.45. The molecule has 0 radical (unpaired) electrons. The van der Waals surface area contributed by atoms with Crippen LogP contribution in [0.5, 0.6) is 0 Å². The number of carbonyl (C=O) groups is 2. The van der Waals surface area contributed by atoms with Crippen molar-refractivity contribution < 1.29 is 19.8 Å². The van der Waals surface area contributed by atoms with Crippen molar-refractivity contribution in [2.45, 2.75) is 31.9 Å². The van der Waals surface area contributed by atoms with Crippen LogP contribution in [-0.2, 0) is 4.79 Å². The molecule has 3 N–H and O–H groups in total. The van der Waals surface area contributed by atoms with Crippen molar-refractivity contribution in [2.24, 2.45) is 0 Å². The van der Waals surface area contributed by atoms with Crippen LogP contribution in [0.4, 0.5) is 4.79 Å². The molecule has 6 heteroatoms. The van der Waals surface area contributed by atoms with Crippen molar-refractivity contribution in [1.29, 1.82) is 0 Å². The van der Waals surface area contributed by atoms with Crippen LogP contribution in [0.2, 0.25) is 0 Å². The standard InChI is InChI=1S/C9H16N2O4/c1-6-2-3-7(12)5-11(6)9(15)10-4-8(13)14/h6-7,12H,2-5H2,1H3,(H,10,15)(H,13,14). The highest BCUT2D eigenvalue weighted by atomic mass is 16.4. The van der Waals surface area contributed by atoms with E-state index in [1.165, 1.54) is 4.90 Å². The van der Waals surface area contributed by atoms with Crippen LogP contribution < -0.4 is 5.32 Å². The Bertz CT molecular complexity index is 256. The Morgan fingerprint density at radius 3 is 2.73 bits per heavy atom. The van der Waals surface area contributed by atoms with Crippen molar-refractivity contribution >= 4 is 12.0 Å². The van der Waals surface area contributed by atoms with Crippen LogP contribution in [0.3, 0.4) is 0 Å². The Labute approximate surface area is 87.9 Å².